The van der Waals surface area contributed by atoms with Crippen molar-refractivity contribution in [1.82, 2.24) is 0 Å². The maximum Gasteiger partial charge on any atom is 0.191 e. The highest BCUT2D eigenvalue weighted by Gasteiger charge is 1.90. The van der Waals surface area contributed by atoms with Gasteiger partial charge < -0.3 is 0 Å². The first-order chi connectivity index (χ1) is 11.0. The van der Waals surface area contributed by atoms with Gasteiger partial charge in [-0.25, -0.2) is 4.21 Å². The van der Waals surface area contributed by atoms with Gasteiger partial charge in [-0.3, -0.25) is 4.79 Å². The molecule has 118 valence electrons. The second-order valence-corrected chi connectivity index (χ2v) is 5.56. The van der Waals surface area contributed by atoms with Crippen molar-refractivity contribution in [3.63, 3.8) is 0 Å². The smallest absolute Gasteiger partial charge is 0.191 e. The molecule has 2 rings (SSSR count). The van der Waals surface area contributed by atoms with E-state index < -0.39 is 0 Å². The maximum absolute atomic E-state index is 10.9. The van der Waals surface area contributed by atoms with Gasteiger partial charge in [0.05, 0.1) is 16.6 Å². The number of allylic oxidation sites excluding steroid dienone is 1. The summed E-state index contributed by atoms with van der Waals surface area (Å²) >= 11 is 11.5. The lowest BCUT2D eigenvalue weighted by Gasteiger charge is -1.91. The second kappa shape index (κ2) is 10.7. The van der Waals surface area contributed by atoms with E-state index in [4.69, 9.17) is 23.2 Å². The molecule has 0 aliphatic carbocycles. The lowest BCUT2D eigenvalue weighted by atomic mass is 10.2. The Labute approximate surface area is 149 Å². The molecule has 0 aromatic heterocycles. The molecule has 0 fully saturated rings. The van der Waals surface area contributed by atoms with Crippen molar-refractivity contribution in [2.24, 2.45) is 0 Å². The van der Waals surface area contributed by atoms with Crippen LogP contribution in [0.4, 0.5) is 0 Å². The van der Waals surface area contributed by atoms with Gasteiger partial charge in [0.1, 0.15) is 0 Å². The van der Waals surface area contributed by atoms with Gasteiger partial charge in [-0.15, -0.1) is 0 Å². The molecule has 5 heteroatoms. The first kappa shape index (κ1) is 19.1. The molecule has 0 heterocycles. The summed E-state index contributed by atoms with van der Waals surface area (Å²) in [6, 6.07) is 14.6. The lowest BCUT2D eigenvalue weighted by Crippen LogP contribution is -1.91. The van der Waals surface area contributed by atoms with Crippen LogP contribution < -0.4 is 0 Å². The monoisotopic (exact) mass is 364 g/mol. The third-order valence-corrected chi connectivity index (χ3v) is 3.41. The van der Waals surface area contributed by atoms with Gasteiger partial charge >= 0.3 is 0 Å². The first-order valence-corrected chi connectivity index (χ1v) is 8.08. The highest BCUT2D eigenvalue weighted by molar-refractivity contribution is 7.66. The Bertz CT molecular complexity index is 729. The topological polar surface area (TPSA) is 34.1 Å². The fourth-order valence-corrected chi connectivity index (χ4v) is 1.86. The predicted molar refractivity (Wildman–Crippen MR) is 101 cm³/mol. The van der Waals surface area contributed by atoms with Crippen LogP contribution in [0, 0.1) is 0 Å². The number of benzene rings is 2. The van der Waals surface area contributed by atoms with Crippen LogP contribution >= 0.6 is 23.2 Å². The second-order valence-electron chi connectivity index (χ2n) is 4.26. The van der Waals surface area contributed by atoms with Crippen LogP contribution in [0.25, 0.3) is 12.2 Å². The number of carbonyl (C=O) groups is 1. The van der Waals surface area contributed by atoms with E-state index in [9.17, 15) is 9.00 Å². The van der Waals surface area contributed by atoms with Crippen molar-refractivity contribution < 1.29 is 9.00 Å². The van der Waals surface area contributed by atoms with Crippen molar-refractivity contribution in [1.29, 1.82) is 0 Å². The highest BCUT2D eigenvalue weighted by atomic mass is 35.5. The van der Waals surface area contributed by atoms with E-state index in [1.54, 1.807) is 36.4 Å². The molecular formula is C18H14Cl2O2S. The molecule has 0 spiro atoms. The third-order valence-electron chi connectivity index (χ3n) is 2.58. The van der Waals surface area contributed by atoms with Crippen molar-refractivity contribution in [3.8, 4) is 0 Å². The summed E-state index contributed by atoms with van der Waals surface area (Å²) in [5, 5.41) is 2.42. The average molecular weight is 365 g/mol. The van der Waals surface area contributed by atoms with Gasteiger partial charge in [-0.05, 0) is 41.5 Å². The molecule has 0 unspecified atom stereocenters. The van der Waals surface area contributed by atoms with Crippen molar-refractivity contribution >= 4 is 57.8 Å². The van der Waals surface area contributed by atoms with Crippen LogP contribution in [0.2, 0.25) is 10.0 Å². The molecule has 0 radical (unpaired) electrons. The van der Waals surface area contributed by atoms with E-state index in [1.165, 1.54) is 6.08 Å². The Morgan fingerprint density at radius 2 is 1.39 bits per heavy atom. The van der Waals surface area contributed by atoms with E-state index in [2.05, 4.69) is 6.58 Å². The van der Waals surface area contributed by atoms with Crippen LogP contribution in [0.15, 0.2) is 61.2 Å². The molecule has 0 amide bonds. The molecule has 0 aliphatic rings. The zero-order valence-corrected chi connectivity index (χ0v) is 14.4. The van der Waals surface area contributed by atoms with Crippen LogP contribution in [-0.4, -0.2) is 15.4 Å². The van der Waals surface area contributed by atoms with E-state index in [0.29, 0.717) is 5.02 Å². The molecular weight excluding hydrogens is 351 g/mol. The Morgan fingerprint density at radius 3 is 1.83 bits per heavy atom. The highest BCUT2D eigenvalue weighted by Crippen LogP contribution is 2.10. The summed E-state index contributed by atoms with van der Waals surface area (Å²) in [5.74, 6) is -0.306. The van der Waals surface area contributed by atoms with Gasteiger partial charge in [0.2, 0.25) is 0 Å². The Kier molecular flexibility index (Phi) is 8.91. The molecule has 2 aromatic carbocycles. The SMILES string of the molecule is C=Cc1ccc(Cl)cc1.O=S=CC(=O)C=Cc1ccc(Cl)cc1. The molecule has 0 bridgehead atoms. The molecule has 2 aromatic rings. The fourth-order valence-electron chi connectivity index (χ4n) is 1.44. The quantitative estimate of drug-likeness (QED) is 0.569. The Balaban J connectivity index is 0.000000253. The fraction of sp³-hybridized carbons (Fsp3) is 0. The molecule has 0 saturated heterocycles. The Hall–Kier alpha value is -1.94. The molecule has 0 saturated carbocycles. The summed E-state index contributed by atoms with van der Waals surface area (Å²) in [4.78, 5) is 10.9. The number of rotatable bonds is 4. The van der Waals surface area contributed by atoms with Crippen molar-refractivity contribution in [2.45, 2.75) is 0 Å². The lowest BCUT2D eigenvalue weighted by molar-refractivity contribution is -0.108. The zero-order valence-electron chi connectivity index (χ0n) is 12.1. The molecule has 2 nitrogen and oxygen atoms in total. The van der Waals surface area contributed by atoms with Gasteiger partial charge in [-0.1, -0.05) is 66.2 Å². The van der Waals surface area contributed by atoms with Gasteiger partial charge in [-0.2, -0.15) is 0 Å². The van der Waals surface area contributed by atoms with E-state index in [-0.39, 0.29) is 17.0 Å². The van der Waals surface area contributed by atoms with E-state index >= 15 is 0 Å². The molecule has 0 atom stereocenters. The maximum atomic E-state index is 10.9. The molecule has 0 N–H and O–H groups in total. The standard InChI is InChI=1S/C10H7ClO2S.C8H7Cl/c11-9-4-1-8(2-5-9)3-6-10(12)7-14-13;1-2-7-3-5-8(9)6-4-7/h1-7H;2-6H,1H2. The van der Waals surface area contributed by atoms with Crippen LogP contribution in [0.3, 0.4) is 0 Å². The summed E-state index contributed by atoms with van der Waals surface area (Å²) in [6.45, 7) is 3.62. The largest absolute Gasteiger partial charge is 0.289 e. The van der Waals surface area contributed by atoms with Crippen molar-refractivity contribution in [2.75, 3.05) is 0 Å². The minimum Gasteiger partial charge on any atom is -0.289 e. The van der Waals surface area contributed by atoms with Gasteiger partial charge in [0.25, 0.3) is 0 Å². The van der Waals surface area contributed by atoms with Crippen LogP contribution in [0.5, 0.6) is 0 Å². The summed E-state index contributed by atoms with van der Waals surface area (Å²) < 4.78 is 9.99. The van der Waals surface area contributed by atoms with E-state index in [0.717, 1.165) is 21.5 Å². The Morgan fingerprint density at radius 1 is 0.913 bits per heavy atom. The van der Waals surface area contributed by atoms with Crippen LogP contribution in [0.1, 0.15) is 11.1 Å². The first-order valence-electron chi connectivity index (χ1n) is 6.52. The molecule has 0 aliphatic heterocycles. The predicted octanol–water partition coefficient (Wildman–Crippen LogP) is 4.92. The number of hydrogen-bond donors (Lipinski definition) is 0. The number of carbonyl (C=O) groups excluding carboxylic acids is 1. The minimum atomic E-state index is -0.306. The summed E-state index contributed by atoms with van der Waals surface area (Å²) in [5.41, 5.74) is 1.96. The minimum absolute atomic E-state index is 0.150. The summed E-state index contributed by atoms with van der Waals surface area (Å²) in [6.07, 6.45) is 4.76. The number of hydrogen-bond acceptors (Lipinski definition) is 2. The van der Waals surface area contributed by atoms with Crippen molar-refractivity contribution in [3.05, 3.63) is 82.4 Å². The average Bonchev–Trinajstić information content (AvgIpc) is 2.56. The van der Waals surface area contributed by atoms with Gasteiger partial charge in [0.15, 0.2) is 5.78 Å². The van der Waals surface area contributed by atoms with E-state index in [1.807, 2.05) is 24.3 Å². The third kappa shape index (κ3) is 8.31. The summed E-state index contributed by atoms with van der Waals surface area (Å²) in [7, 11) is 0. The molecule has 23 heavy (non-hydrogen) atoms. The zero-order chi connectivity index (χ0) is 17.1. The van der Waals surface area contributed by atoms with Gasteiger partial charge in [0, 0.05) is 10.0 Å². The number of halogens is 2. The number of ketones is 1. The normalized spacial score (nSPS) is 9.65. The van der Waals surface area contributed by atoms with Crippen LogP contribution in [-0.2, 0) is 16.1 Å².